The van der Waals surface area contributed by atoms with Crippen LogP contribution in [0.4, 0.5) is 17.1 Å². The lowest BCUT2D eigenvalue weighted by molar-refractivity contribution is 0.662. The maximum Gasteiger partial charge on any atom is 0.135 e. The molecule has 0 spiro atoms. The van der Waals surface area contributed by atoms with Gasteiger partial charge in [-0.05, 0) is 155 Å². The molecular formula is C67H47NO. The number of para-hydroxylation sites is 1. The summed E-state index contributed by atoms with van der Waals surface area (Å²) >= 11 is 0. The average molecular weight is 882 g/mol. The van der Waals surface area contributed by atoms with Crippen LogP contribution in [-0.4, -0.2) is 0 Å². The molecule has 12 aromatic rings. The van der Waals surface area contributed by atoms with Crippen LogP contribution in [-0.2, 0) is 5.41 Å². The Morgan fingerprint density at radius 1 is 0.304 bits per heavy atom. The van der Waals surface area contributed by atoms with Crippen LogP contribution >= 0.6 is 0 Å². The smallest absolute Gasteiger partial charge is 0.135 e. The number of anilines is 3. The number of furan rings is 1. The summed E-state index contributed by atoms with van der Waals surface area (Å²) in [5.74, 6) is 0. The maximum absolute atomic E-state index is 6.16. The fourth-order valence-electron chi connectivity index (χ4n) is 10.9. The molecule has 1 aliphatic rings. The monoisotopic (exact) mass is 881 g/mol. The van der Waals surface area contributed by atoms with Crippen LogP contribution in [0, 0.1) is 0 Å². The van der Waals surface area contributed by atoms with Crippen LogP contribution in [0.5, 0.6) is 0 Å². The molecule has 11 aromatic carbocycles. The van der Waals surface area contributed by atoms with E-state index in [0.717, 1.165) is 50.1 Å². The fraction of sp³-hybridized carbons (Fsp3) is 0.0448. The molecule has 1 heterocycles. The van der Waals surface area contributed by atoms with Gasteiger partial charge in [-0.2, -0.15) is 0 Å². The summed E-state index contributed by atoms with van der Waals surface area (Å²) in [7, 11) is 0. The number of rotatable bonds is 8. The lowest BCUT2D eigenvalue weighted by Gasteiger charge is -2.27. The van der Waals surface area contributed by atoms with E-state index in [9.17, 15) is 0 Å². The van der Waals surface area contributed by atoms with Gasteiger partial charge in [0.25, 0.3) is 0 Å². The highest BCUT2D eigenvalue weighted by Gasteiger charge is 2.37. The number of nitrogens with zero attached hydrogens (tertiary/aromatic N) is 1. The Balaban J connectivity index is 0.829. The van der Waals surface area contributed by atoms with Crippen LogP contribution in [0.1, 0.15) is 25.0 Å². The fourth-order valence-corrected chi connectivity index (χ4v) is 10.9. The molecule has 13 rings (SSSR count). The minimum atomic E-state index is -0.101. The molecule has 1 aromatic heterocycles. The van der Waals surface area contributed by atoms with Crippen LogP contribution in [0.15, 0.2) is 253 Å². The summed E-state index contributed by atoms with van der Waals surface area (Å²) in [6, 6.07) is 90.6. The van der Waals surface area contributed by atoms with E-state index >= 15 is 0 Å². The number of hydrogen-bond donors (Lipinski definition) is 0. The van der Waals surface area contributed by atoms with E-state index in [2.05, 4.69) is 255 Å². The van der Waals surface area contributed by atoms with Crippen LogP contribution in [0.2, 0.25) is 0 Å². The Kier molecular flexibility index (Phi) is 9.55. The minimum Gasteiger partial charge on any atom is -0.456 e. The predicted octanol–water partition coefficient (Wildman–Crippen LogP) is 18.9. The van der Waals surface area contributed by atoms with Crippen molar-refractivity contribution in [2.45, 2.75) is 19.3 Å². The molecule has 0 amide bonds. The number of benzene rings is 11. The second-order valence-electron chi connectivity index (χ2n) is 18.9. The average Bonchev–Trinajstić information content (AvgIpc) is 3.90. The quantitative estimate of drug-likeness (QED) is 0.151. The molecule has 69 heavy (non-hydrogen) atoms. The largest absolute Gasteiger partial charge is 0.456 e. The molecule has 1 aliphatic carbocycles. The third kappa shape index (κ3) is 7.03. The van der Waals surface area contributed by atoms with Gasteiger partial charge in [0.1, 0.15) is 11.2 Å². The van der Waals surface area contributed by atoms with Gasteiger partial charge in [0, 0.05) is 33.2 Å². The molecule has 0 radical (unpaired) electrons. The van der Waals surface area contributed by atoms with E-state index in [1.54, 1.807) is 0 Å². The van der Waals surface area contributed by atoms with Gasteiger partial charge in [-0.15, -0.1) is 0 Å². The topological polar surface area (TPSA) is 16.4 Å². The Morgan fingerprint density at radius 3 is 1.48 bits per heavy atom. The lowest BCUT2D eigenvalue weighted by Crippen LogP contribution is -2.16. The van der Waals surface area contributed by atoms with E-state index in [4.69, 9.17) is 4.42 Å². The third-order valence-electron chi connectivity index (χ3n) is 14.5. The highest BCUT2D eigenvalue weighted by Crippen LogP contribution is 2.52. The van der Waals surface area contributed by atoms with Crippen molar-refractivity contribution < 1.29 is 4.42 Å². The van der Waals surface area contributed by atoms with E-state index in [0.29, 0.717) is 0 Å². The van der Waals surface area contributed by atoms with Crippen molar-refractivity contribution in [3.63, 3.8) is 0 Å². The molecule has 0 unspecified atom stereocenters. The molecular weight excluding hydrogens is 835 g/mol. The first-order valence-electron chi connectivity index (χ1n) is 23.9. The Hall–Kier alpha value is -8.72. The summed E-state index contributed by atoms with van der Waals surface area (Å²) in [5, 5.41) is 4.78. The molecule has 0 saturated carbocycles. The second kappa shape index (κ2) is 16.3. The zero-order valence-electron chi connectivity index (χ0n) is 38.5. The summed E-state index contributed by atoms with van der Waals surface area (Å²) in [5.41, 5.74) is 22.4. The zero-order chi connectivity index (χ0) is 46.1. The first kappa shape index (κ1) is 40.5. The van der Waals surface area contributed by atoms with Gasteiger partial charge in [0.05, 0.1) is 0 Å². The molecule has 326 valence electrons. The minimum absolute atomic E-state index is 0.101. The van der Waals surface area contributed by atoms with Crippen molar-refractivity contribution in [1.82, 2.24) is 0 Å². The standard InChI is InChI=1S/C67H47NO/c1-67(2)63-19-7-5-15-59(63)61-18-10-17-58(66(61)67)49-31-38-57(39-32-49)68(56-36-29-48(30-37-56)54-33-40-65-62(43-54)60-16-6-8-20-64(60)69-65)55-34-27-46(28-35-55)45-21-23-47(24-22-45)51-13-9-14-52(41-51)53-26-25-44-11-3-4-12-50(44)42-53/h3-43H,1-2H3. The highest BCUT2D eigenvalue weighted by atomic mass is 16.3. The van der Waals surface area contributed by atoms with Gasteiger partial charge < -0.3 is 9.32 Å². The van der Waals surface area contributed by atoms with Crippen molar-refractivity contribution in [2.75, 3.05) is 4.90 Å². The Morgan fingerprint density at radius 2 is 0.768 bits per heavy atom. The van der Waals surface area contributed by atoms with Crippen LogP contribution in [0.25, 0.3) is 99.5 Å². The van der Waals surface area contributed by atoms with Crippen LogP contribution in [0.3, 0.4) is 0 Å². The first-order valence-corrected chi connectivity index (χ1v) is 23.9. The molecule has 2 nitrogen and oxygen atoms in total. The number of fused-ring (bicyclic) bond motifs is 7. The number of hydrogen-bond acceptors (Lipinski definition) is 2. The lowest BCUT2D eigenvalue weighted by atomic mass is 9.79. The molecule has 0 atom stereocenters. The van der Waals surface area contributed by atoms with Gasteiger partial charge in [-0.1, -0.05) is 196 Å². The Bertz CT molecular complexity index is 3890. The molecule has 0 saturated heterocycles. The van der Waals surface area contributed by atoms with E-state index in [-0.39, 0.29) is 5.41 Å². The van der Waals surface area contributed by atoms with Gasteiger partial charge >= 0.3 is 0 Å². The van der Waals surface area contributed by atoms with Gasteiger partial charge in [-0.25, -0.2) is 0 Å². The Labute approximate surface area is 403 Å². The second-order valence-corrected chi connectivity index (χ2v) is 18.9. The summed E-state index contributed by atoms with van der Waals surface area (Å²) in [6.45, 7) is 4.72. The molecule has 0 fully saturated rings. The maximum atomic E-state index is 6.16. The zero-order valence-corrected chi connectivity index (χ0v) is 38.5. The van der Waals surface area contributed by atoms with E-state index in [1.807, 2.05) is 12.1 Å². The van der Waals surface area contributed by atoms with Crippen LogP contribution < -0.4 is 4.90 Å². The highest BCUT2D eigenvalue weighted by molar-refractivity contribution is 6.06. The summed E-state index contributed by atoms with van der Waals surface area (Å²) < 4.78 is 6.16. The van der Waals surface area contributed by atoms with Crippen molar-refractivity contribution in [2.24, 2.45) is 0 Å². The van der Waals surface area contributed by atoms with E-state index < -0.39 is 0 Å². The molecule has 0 bridgehead atoms. The molecule has 0 aliphatic heterocycles. The van der Waals surface area contributed by atoms with Crippen molar-refractivity contribution >= 4 is 49.8 Å². The van der Waals surface area contributed by atoms with Gasteiger partial charge in [0.2, 0.25) is 0 Å². The van der Waals surface area contributed by atoms with Gasteiger partial charge in [-0.3, -0.25) is 0 Å². The predicted molar refractivity (Wildman–Crippen MR) is 291 cm³/mol. The SMILES string of the molecule is CC1(C)c2ccccc2-c2cccc(-c3ccc(N(c4ccc(-c5ccc(-c6cccc(-c7ccc8ccccc8c7)c6)cc5)cc4)c4ccc(-c5ccc6oc7ccccc7c6c5)cc4)cc3)c21. The van der Waals surface area contributed by atoms with E-state index in [1.165, 1.54) is 77.5 Å². The normalized spacial score (nSPS) is 12.6. The third-order valence-corrected chi connectivity index (χ3v) is 14.5. The van der Waals surface area contributed by atoms with Crippen molar-refractivity contribution in [3.05, 3.63) is 260 Å². The summed E-state index contributed by atoms with van der Waals surface area (Å²) in [4.78, 5) is 2.37. The van der Waals surface area contributed by atoms with Crippen molar-refractivity contribution in [3.8, 4) is 66.8 Å². The molecule has 0 N–H and O–H groups in total. The van der Waals surface area contributed by atoms with Gasteiger partial charge in [0.15, 0.2) is 0 Å². The summed E-state index contributed by atoms with van der Waals surface area (Å²) in [6.07, 6.45) is 0. The first-order chi connectivity index (χ1) is 33.9. The van der Waals surface area contributed by atoms with Crippen molar-refractivity contribution in [1.29, 1.82) is 0 Å². The molecule has 2 heteroatoms.